The van der Waals surface area contributed by atoms with Gasteiger partial charge in [0.15, 0.2) is 0 Å². The number of hydrogen-bond donors (Lipinski definition) is 0. The fourth-order valence-corrected chi connectivity index (χ4v) is 3.65. The van der Waals surface area contributed by atoms with Crippen molar-refractivity contribution >= 4 is 22.9 Å². The molecule has 0 N–H and O–H groups in total. The first kappa shape index (κ1) is 28.8. The van der Waals surface area contributed by atoms with E-state index in [2.05, 4.69) is 13.2 Å². The van der Waals surface area contributed by atoms with Crippen molar-refractivity contribution in [1.29, 1.82) is 0 Å². The SMILES string of the molecule is C=C(CCC(=C)c1ccccc1C(F)(F)F)c1ccc(C)c(SC(F)(F)C(C)(F)F)c1.CC. The Morgan fingerprint density at radius 2 is 1.39 bits per heavy atom. The standard InChI is InChI=1S/C23H21F7S.C2H6/c1-14(9-10-15(2)18-7-5-6-8-19(18)22(26,27)28)17-12-11-16(3)20(13-17)31-23(29,30)21(4,24)25;1-2/h5-8,11-13H,1-2,9-10H2,3-4H3;1-2H3. The van der Waals surface area contributed by atoms with E-state index < -0.39 is 22.9 Å². The normalized spacial score (nSPS) is 12.1. The zero-order valence-corrected chi connectivity index (χ0v) is 19.7. The Morgan fingerprint density at radius 3 is 1.94 bits per heavy atom. The van der Waals surface area contributed by atoms with Crippen LogP contribution in [0.3, 0.4) is 0 Å². The summed E-state index contributed by atoms with van der Waals surface area (Å²) in [6, 6.07) is 9.55. The highest BCUT2D eigenvalue weighted by atomic mass is 32.2. The summed E-state index contributed by atoms with van der Waals surface area (Å²) in [5.74, 6) is -4.21. The molecular formula is C25H27F7S. The fourth-order valence-electron chi connectivity index (χ4n) is 2.78. The smallest absolute Gasteiger partial charge is 0.199 e. The minimum Gasteiger partial charge on any atom is -0.199 e. The van der Waals surface area contributed by atoms with Crippen LogP contribution in [-0.2, 0) is 6.18 Å². The second-order valence-corrected chi connectivity index (χ2v) is 8.39. The molecule has 0 atom stereocenters. The van der Waals surface area contributed by atoms with Crippen LogP contribution in [-0.4, -0.2) is 11.2 Å². The van der Waals surface area contributed by atoms with Gasteiger partial charge in [0.05, 0.1) is 5.56 Å². The highest BCUT2D eigenvalue weighted by molar-refractivity contribution is 8.00. The van der Waals surface area contributed by atoms with E-state index in [1.165, 1.54) is 37.3 Å². The van der Waals surface area contributed by atoms with Gasteiger partial charge in [0.2, 0.25) is 0 Å². The molecule has 0 fully saturated rings. The van der Waals surface area contributed by atoms with Crippen molar-refractivity contribution in [3.63, 3.8) is 0 Å². The third-order valence-corrected chi connectivity index (χ3v) is 5.96. The van der Waals surface area contributed by atoms with Gasteiger partial charge >= 0.3 is 17.4 Å². The summed E-state index contributed by atoms with van der Waals surface area (Å²) in [6.45, 7) is 13.3. The predicted octanol–water partition coefficient (Wildman–Crippen LogP) is 9.89. The molecule has 0 saturated carbocycles. The third-order valence-electron chi connectivity index (χ3n) is 4.69. The summed E-state index contributed by atoms with van der Waals surface area (Å²) in [6.07, 6.45) is -4.14. The second kappa shape index (κ2) is 11.3. The molecule has 8 heteroatoms. The van der Waals surface area contributed by atoms with Crippen LogP contribution >= 0.6 is 11.8 Å². The molecule has 0 unspecified atom stereocenters. The van der Waals surface area contributed by atoms with Crippen LogP contribution < -0.4 is 0 Å². The van der Waals surface area contributed by atoms with E-state index >= 15 is 0 Å². The van der Waals surface area contributed by atoms with Gasteiger partial charge in [-0.3, -0.25) is 0 Å². The van der Waals surface area contributed by atoms with Crippen LogP contribution in [0.2, 0.25) is 0 Å². The molecule has 0 saturated heterocycles. The molecular weight excluding hydrogens is 465 g/mol. The minimum atomic E-state index is -4.52. The molecule has 0 heterocycles. The zero-order valence-electron chi connectivity index (χ0n) is 18.9. The van der Waals surface area contributed by atoms with E-state index in [-0.39, 0.29) is 47.6 Å². The quantitative estimate of drug-likeness (QED) is 0.261. The van der Waals surface area contributed by atoms with Crippen LogP contribution in [0.5, 0.6) is 0 Å². The van der Waals surface area contributed by atoms with Crippen LogP contribution in [0, 0.1) is 6.92 Å². The lowest BCUT2D eigenvalue weighted by Crippen LogP contribution is -2.34. The summed E-state index contributed by atoms with van der Waals surface area (Å²) in [7, 11) is 0. The molecule has 0 nitrogen and oxygen atoms in total. The molecule has 0 amide bonds. The molecule has 2 rings (SSSR count). The molecule has 0 bridgehead atoms. The number of alkyl halides is 7. The Bertz CT molecular complexity index is 969. The predicted molar refractivity (Wildman–Crippen MR) is 123 cm³/mol. The second-order valence-electron chi connectivity index (χ2n) is 7.24. The van der Waals surface area contributed by atoms with E-state index in [4.69, 9.17) is 0 Å². The van der Waals surface area contributed by atoms with E-state index in [0.717, 1.165) is 6.07 Å². The van der Waals surface area contributed by atoms with Gasteiger partial charge in [0, 0.05) is 11.8 Å². The Morgan fingerprint density at radius 1 is 0.848 bits per heavy atom. The average Bonchev–Trinajstić information content (AvgIpc) is 2.73. The van der Waals surface area contributed by atoms with Crippen molar-refractivity contribution in [2.45, 2.75) is 62.8 Å². The lowest BCUT2D eigenvalue weighted by Gasteiger charge is -2.23. The maximum atomic E-state index is 13.8. The lowest BCUT2D eigenvalue weighted by atomic mass is 9.93. The molecule has 0 aliphatic rings. The zero-order chi connectivity index (χ0) is 25.6. The van der Waals surface area contributed by atoms with Gasteiger partial charge in [-0.25, -0.2) is 0 Å². The molecule has 33 heavy (non-hydrogen) atoms. The van der Waals surface area contributed by atoms with Crippen LogP contribution in [0.25, 0.3) is 11.1 Å². The van der Waals surface area contributed by atoms with Crippen molar-refractivity contribution in [2.24, 2.45) is 0 Å². The summed E-state index contributed by atoms with van der Waals surface area (Å²) < 4.78 is 93.6. The van der Waals surface area contributed by atoms with Gasteiger partial charge in [0.1, 0.15) is 0 Å². The summed E-state index contributed by atoms with van der Waals surface area (Å²) in [5, 5.41) is -4.30. The first-order chi connectivity index (χ1) is 15.1. The number of thioether (sulfide) groups is 1. The number of hydrogen-bond acceptors (Lipinski definition) is 1. The number of allylic oxidation sites excluding steroid dienone is 2. The number of benzene rings is 2. The Hall–Kier alpha value is -2.22. The molecule has 2 aromatic rings. The van der Waals surface area contributed by atoms with Gasteiger partial charge in [-0.15, -0.1) is 0 Å². The highest BCUT2D eigenvalue weighted by Crippen LogP contribution is 2.47. The van der Waals surface area contributed by atoms with E-state index in [1.807, 2.05) is 13.8 Å². The third kappa shape index (κ3) is 7.66. The van der Waals surface area contributed by atoms with Crippen LogP contribution in [0.1, 0.15) is 55.9 Å². The largest absolute Gasteiger partial charge is 0.416 e. The van der Waals surface area contributed by atoms with Gasteiger partial charge < -0.3 is 0 Å². The molecule has 0 radical (unpaired) electrons. The Labute approximate surface area is 194 Å². The highest BCUT2D eigenvalue weighted by Gasteiger charge is 2.53. The molecule has 2 aromatic carbocycles. The topological polar surface area (TPSA) is 0 Å². The van der Waals surface area contributed by atoms with E-state index in [0.29, 0.717) is 16.7 Å². The summed E-state index contributed by atoms with van der Waals surface area (Å²) >= 11 is -0.230. The van der Waals surface area contributed by atoms with Crippen molar-refractivity contribution in [2.75, 3.05) is 0 Å². The van der Waals surface area contributed by atoms with Crippen molar-refractivity contribution < 1.29 is 30.7 Å². The maximum absolute atomic E-state index is 13.8. The number of rotatable bonds is 8. The van der Waals surface area contributed by atoms with E-state index in [1.54, 1.807) is 6.07 Å². The fraction of sp³-hybridized carbons (Fsp3) is 0.360. The van der Waals surface area contributed by atoms with Crippen LogP contribution in [0.15, 0.2) is 60.5 Å². The number of aryl methyl sites for hydroxylation is 1. The van der Waals surface area contributed by atoms with Crippen LogP contribution in [0.4, 0.5) is 30.7 Å². The van der Waals surface area contributed by atoms with Gasteiger partial charge in [-0.05, 0) is 71.5 Å². The maximum Gasteiger partial charge on any atom is 0.416 e. The Kier molecular flexibility index (Phi) is 9.84. The Balaban J connectivity index is 0.00000265. The number of halogens is 7. The average molecular weight is 493 g/mol. The monoisotopic (exact) mass is 492 g/mol. The first-order valence-electron chi connectivity index (χ1n) is 10.2. The van der Waals surface area contributed by atoms with Gasteiger partial charge in [0.25, 0.3) is 0 Å². The lowest BCUT2D eigenvalue weighted by molar-refractivity contribution is -0.138. The van der Waals surface area contributed by atoms with Crippen molar-refractivity contribution in [3.8, 4) is 0 Å². The van der Waals surface area contributed by atoms with E-state index in [9.17, 15) is 30.7 Å². The molecule has 0 aliphatic heterocycles. The van der Waals surface area contributed by atoms with Crippen molar-refractivity contribution in [1.82, 2.24) is 0 Å². The summed E-state index contributed by atoms with van der Waals surface area (Å²) in [4.78, 5) is -0.0218. The summed E-state index contributed by atoms with van der Waals surface area (Å²) in [5.41, 5.74) is 0.761. The molecule has 0 aliphatic carbocycles. The molecule has 182 valence electrons. The van der Waals surface area contributed by atoms with Gasteiger partial charge in [-0.2, -0.15) is 30.7 Å². The van der Waals surface area contributed by atoms with Gasteiger partial charge in [-0.1, -0.05) is 57.3 Å². The molecule has 0 aromatic heterocycles. The molecule has 0 spiro atoms. The minimum absolute atomic E-state index is 0.0206. The van der Waals surface area contributed by atoms with Crippen molar-refractivity contribution in [3.05, 3.63) is 77.9 Å². The first-order valence-corrected chi connectivity index (χ1v) is 11.0.